The van der Waals surface area contributed by atoms with Crippen LogP contribution >= 0.6 is 11.6 Å². The van der Waals surface area contributed by atoms with Gasteiger partial charge in [0.2, 0.25) is 5.78 Å². The summed E-state index contributed by atoms with van der Waals surface area (Å²) in [6.45, 7) is 0.0950. The van der Waals surface area contributed by atoms with Gasteiger partial charge in [-0.25, -0.2) is 0 Å². The van der Waals surface area contributed by atoms with Gasteiger partial charge in [0.25, 0.3) is 0 Å². The molecule has 0 atom stereocenters. The Morgan fingerprint density at radius 2 is 1.83 bits per heavy atom. The Morgan fingerprint density at radius 1 is 1.14 bits per heavy atom. The van der Waals surface area contributed by atoms with Crippen molar-refractivity contribution in [2.24, 2.45) is 5.73 Å². The number of halogens is 4. The third-order valence-corrected chi connectivity index (χ3v) is 3.89. The molecule has 0 fully saturated rings. The molecule has 2 rings (SSSR count). The average molecular weight is 423 g/mol. The van der Waals surface area contributed by atoms with E-state index in [-0.39, 0.29) is 23.6 Å². The number of carbonyl (C=O) groups excluding carboxylic acids is 1. The predicted octanol–water partition coefficient (Wildman–Crippen LogP) is 4.83. The molecule has 0 aromatic heterocycles. The Morgan fingerprint density at radius 3 is 2.45 bits per heavy atom. The van der Waals surface area contributed by atoms with Crippen LogP contribution in [0.15, 0.2) is 72.6 Å². The van der Waals surface area contributed by atoms with Crippen molar-refractivity contribution in [3.05, 3.63) is 83.2 Å². The summed E-state index contributed by atoms with van der Waals surface area (Å²) in [6, 6.07) is 11.2. The zero-order valence-corrected chi connectivity index (χ0v) is 15.8. The maximum absolute atomic E-state index is 12.7. The van der Waals surface area contributed by atoms with Crippen molar-refractivity contribution < 1.29 is 18.0 Å². The van der Waals surface area contributed by atoms with E-state index in [0.29, 0.717) is 10.7 Å². The molecule has 0 aliphatic heterocycles. The van der Waals surface area contributed by atoms with Crippen LogP contribution in [0.25, 0.3) is 0 Å². The van der Waals surface area contributed by atoms with Crippen LogP contribution < -0.4 is 16.4 Å². The van der Waals surface area contributed by atoms with E-state index in [9.17, 15) is 18.0 Å². The number of benzene rings is 2. The molecule has 152 valence electrons. The second-order valence-electron chi connectivity index (χ2n) is 5.78. The number of hydrogen-bond acceptors (Lipinski definition) is 5. The maximum atomic E-state index is 12.7. The van der Waals surface area contributed by atoms with Gasteiger partial charge in [0.05, 0.1) is 11.3 Å². The maximum Gasteiger partial charge on any atom is 0.416 e. The first-order valence-corrected chi connectivity index (χ1v) is 8.75. The molecular weight excluding hydrogens is 405 g/mol. The number of ketones is 1. The monoisotopic (exact) mass is 422 g/mol. The van der Waals surface area contributed by atoms with Gasteiger partial charge in [0.1, 0.15) is 5.71 Å². The molecule has 2 aromatic carbocycles. The molecule has 0 saturated heterocycles. The first-order valence-electron chi connectivity index (χ1n) is 8.37. The van der Waals surface area contributed by atoms with Gasteiger partial charge in [0, 0.05) is 35.2 Å². The number of anilines is 2. The SMILES string of the molecule is N=C(C(=O)/C=C\Nc1cccc(C(F)(F)F)c1)/C(=C/CN)Nc1ccc(Cl)cc1. The Labute approximate surface area is 170 Å². The lowest BCUT2D eigenvalue weighted by Crippen LogP contribution is -2.20. The fourth-order valence-electron chi connectivity index (χ4n) is 2.24. The number of nitrogens with one attached hydrogen (secondary N) is 3. The molecule has 0 aliphatic rings. The molecule has 0 aliphatic carbocycles. The van der Waals surface area contributed by atoms with Gasteiger partial charge in [-0.1, -0.05) is 17.7 Å². The number of carbonyl (C=O) groups is 1. The van der Waals surface area contributed by atoms with E-state index in [1.807, 2.05) is 0 Å². The Hall–Kier alpha value is -3.10. The van der Waals surface area contributed by atoms with Crippen LogP contribution in [-0.2, 0) is 11.0 Å². The van der Waals surface area contributed by atoms with Gasteiger partial charge in [-0.15, -0.1) is 0 Å². The lowest BCUT2D eigenvalue weighted by molar-refractivity contribution is -0.137. The minimum Gasteiger partial charge on any atom is -0.362 e. The van der Waals surface area contributed by atoms with Gasteiger partial charge in [0.15, 0.2) is 0 Å². The Balaban J connectivity index is 2.05. The van der Waals surface area contributed by atoms with Crippen molar-refractivity contribution >= 4 is 34.5 Å². The van der Waals surface area contributed by atoms with Gasteiger partial charge in [-0.3, -0.25) is 10.2 Å². The van der Waals surface area contributed by atoms with E-state index in [0.717, 1.165) is 18.2 Å². The molecule has 0 saturated carbocycles. The zero-order chi connectivity index (χ0) is 21.4. The first kappa shape index (κ1) is 22.2. The zero-order valence-electron chi connectivity index (χ0n) is 15.1. The molecule has 0 heterocycles. The van der Waals surface area contributed by atoms with E-state index in [1.165, 1.54) is 24.4 Å². The highest BCUT2D eigenvalue weighted by molar-refractivity contribution is 6.49. The topological polar surface area (TPSA) is 91.0 Å². The van der Waals surface area contributed by atoms with Crippen LogP contribution in [-0.4, -0.2) is 18.0 Å². The quantitative estimate of drug-likeness (QED) is 0.362. The molecule has 0 unspecified atom stereocenters. The summed E-state index contributed by atoms with van der Waals surface area (Å²) in [5.74, 6) is -0.661. The number of alkyl halides is 3. The third kappa shape index (κ3) is 6.78. The van der Waals surface area contributed by atoms with Crippen molar-refractivity contribution in [1.29, 1.82) is 5.41 Å². The third-order valence-electron chi connectivity index (χ3n) is 3.64. The summed E-state index contributed by atoms with van der Waals surface area (Å²) < 4.78 is 38.2. The van der Waals surface area contributed by atoms with Crippen molar-refractivity contribution in [1.82, 2.24) is 0 Å². The molecule has 2 aromatic rings. The highest BCUT2D eigenvalue weighted by atomic mass is 35.5. The highest BCUT2D eigenvalue weighted by Gasteiger charge is 2.30. The molecule has 9 heteroatoms. The largest absolute Gasteiger partial charge is 0.416 e. The number of allylic oxidation sites excluding steroid dienone is 2. The lowest BCUT2D eigenvalue weighted by Gasteiger charge is -2.11. The van der Waals surface area contributed by atoms with Crippen LogP contribution in [0.1, 0.15) is 5.56 Å². The van der Waals surface area contributed by atoms with E-state index in [2.05, 4.69) is 10.6 Å². The van der Waals surface area contributed by atoms with E-state index >= 15 is 0 Å². The predicted molar refractivity (Wildman–Crippen MR) is 109 cm³/mol. The molecule has 29 heavy (non-hydrogen) atoms. The summed E-state index contributed by atoms with van der Waals surface area (Å²) in [5.41, 5.74) is 5.31. The van der Waals surface area contributed by atoms with Gasteiger partial charge >= 0.3 is 6.18 Å². The Bertz CT molecular complexity index is 937. The second-order valence-corrected chi connectivity index (χ2v) is 6.22. The summed E-state index contributed by atoms with van der Waals surface area (Å²) in [4.78, 5) is 12.2. The fourth-order valence-corrected chi connectivity index (χ4v) is 2.36. The second kappa shape index (κ2) is 9.90. The van der Waals surface area contributed by atoms with E-state index < -0.39 is 17.5 Å². The molecule has 5 N–H and O–H groups in total. The number of rotatable bonds is 8. The molecular formula is C20H18ClF3N4O. The van der Waals surface area contributed by atoms with Gasteiger partial charge in [-0.05, 0) is 48.5 Å². The summed E-state index contributed by atoms with van der Waals surface area (Å²) >= 11 is 5.83. The smallest absolute Gasteiger partial charge is 0.362 e. The standard InChI is InChI=1S/C20H18ClF3N4O/c21-14-4-6-15(7-5-14)28-17(8-10-25)19(26)18(29)9-11-27-16-3-1-2-13(12-16)20(22,23)24/h1-9,11-12,26-28H,10,25H2/b11-9-,17-8-,26-19?. The Kier molecular flexibility index (Phi) is 7.58. The minimum atomic E-state index is -4.46. The number of nitrogens with two attached hydrogens (primary N) is 1. The highest BCUT2D eigenvalue weighted by Crippen LogP contribution is 2.30. The lowest BCUT2D eigenvalue weighted by atomic mass is 10.1. The number of hydrogen-bond donors (Lipinski definition) is 4. The molecule has 0 amide bonds. The van der Waals surface area contributed by atoms with Crippen LogP contribution in [0, 0.1) is 5.41 Å². The van der Waals surface area contributed by atoms with Gasteiger partial charge in [-0.2, -0.15) is 13.2 Å². The summed E-state index contributed by atoms with van der Waals surface area (Å²) in [5, 5.41) is 14.1. The van der Waals surface area contributed by atoms with Crippen molar-refractivity contribution in [3.8, 4) is 0 Å². The molecule has 0 spiro atoms. The van der Waals surface area contributed by atoms with Crippen LogP contribution in [0.2, 0.25) is 5.02 Å². The average Bonchev–Trinajstić information content (AvgIpc) is 2.68. The van der Waals surface area contributed by atoms with Gasteiger partial charge < -0.3 is 16.4 Å². The summed E-state index contributed by atoms with van der Waals surface area (Å²) in [6.07, 6.45) is -0.761. The van der Waals surface area contributed by atoms with E-state index in [1.54, 1.807) is 24.3 Å². The minimum absolute atomic E-state index is 0.0950. The normalized spacial score (nSPS) is 12.1. The summed E-state index contributed by atoms with van der Waals surface area (Å²) in [7, 11) is 0. The van der Waals surface area contributed by atoms with Crippen molar-refractivity contribution in [2.45, 2.75) is 6.18 Å². The fraction of sp³-hybridized carbons (Fsp3) is 0.100. The van der Waals surface area contributed by atoms with Crippen LogP contribution in [0.4, 0.5) is 24.5 Å². The van der Waals surface area contributed by atoms with Crippen molar-refractivity contribution in [3.63, 3.8) is 0 Å². The molecule has 0 bridgehead atoms. The molecule has 5 nitrogen and oxygen atoms in total. The first-order chi connectivity index (χ1) is 13.7. The van der Waals surface area contributed by atoms with Crippen LogP contribution in [0.5, 0.6) is 0 Å². The van der Waals surface area contributed by atoms with Crippen molar-refractivity contribution in [2.75, 3.05) is 17.2 Å². The van der Waals surface area contributed by atoms with Crippen LogP contribution in [0.3, 0.4) is 0 Å². The molecule has 0 radical (unpaired) electrons. The van der Waals surface area contributed by atoms with E-state index in [4.69, 9.17) is 22.7 Å².